The van der Waals surface area contributed by atoms with Crippen molar-refractivity contribution < 1.29 is 4.79 Å². The third-order valence-corrected chi connectivity index (χ3v) is 4.02. The highest BCUT2D eigenvalue weighted by Crippen LogP contribution is 2.23. The molecule has 1 amide bonds. The van der Waals surface area contributed by atoms with Crippen LogP contribution < -0.4 is 16.0 Å². The molecule has 1 aliphatic carbocycles. The molecule has 1 saturated heterocycles. The van der Waals surface area contributed by atoms with Gasteiger partial charge in [-0.2, -0.15) is 0 Å². The number of carbonyl (C=O) groups is 1. The Balaban J connectivity index is 1.58. The molecule has 0 spiro atoms. The number of anilines is 1. The van der Waals surface area contributed by atoms with Gasteiger partial charge in [0.15, 0.2) is 11.5 Å². The molecule has 6 heteroatoms. The summed E-state index contributed by atoms with van der Waals surface area (Å²) in [6.07, 6.45) is 5.10. The third kappa shape index (κ3) is 3.25. The van der Waals surface area contributed by atoms with Gasteiger partial charge < -0.3 is 16.0 Å². The van der Waals surface area contributed by atoms with E-state index >= 15 is 0 Å². The van der Waals surface area contributed by atoms with Gasteiger partial charge in [-0.05, 0) is 50.3 Å². The van der Waals surface area contributed by atoms with Crippen LogP contribution in [0, 0.1) is 5.92 Å². The van der Waals surface area contributed by atoms with Crippen molar-refractivity contribution in [1.29, 1.82) is 0 Å². The molecule has 3 N–H and O–H groups in total. The second kappa shape index (κ2) is 5.75. The molecule has 2 aliphatic rings. The minimum Gasteiger partial charge on any atom is -0.364 e. The smallest absolute Gasteiger partial charge is 0.269 e. The second-order valence-electron chi connectivity index (χ2n) is 5.78. The first kappa shape index (κ1) is 13.3. The van der Waals surface area contributed by atoms with Gasteiger partial charge in [0.25, 0.3) is 5.91 Å². The number of hydrogen-bond acceptors (Lipinski definition) is 5. The van der Waals surface area contributed by atoms with Crippen LogP contribution in [0.4, 0.5) is 5.82 Å². The monoisotopic (exact) mass is 275 g/mol. The van der Waals surface area contributed by atoms with E-state index in [-0.39, 0.29) is 5.69 Å². The highest BCUT2D eigenvalue weighted by atomic mass is 16.1. The summed E-state index contributed by atoms with van der Waals surface area (Å²) < 4.78 is 0. The predicted molar refractivity (Wildman–Crippen MR) is 76.5 cm³/mol. The number of nitrogens with one attached hydrogen (secondary N) is 1. The van der Waals surface area contributed by atoms with Crippen LogP contribution in [0.5, 0.6) is 0 Å². The number of carbonyl (C=O) groups excluding carboxylic acids is 1. The van der Waals surface area contributed by atoms with Crippen molar-refractivity contribution in [3.63, 3.8) is 0 Å². The summed E-state index contributed by atoms with van der Waals surface area (Å²) >= 11 is 0. The van der Waals surface area contributed by atoms with Crippen LogP contribution in [0.25, 0.3) is 0 Å². The van der Waals surface area contributed by atoms with E-state index in [9.17, 15) is 4.79 Å². The van der Waals surface area contributed by atoms with E-state index in [1.54, 1.807) is 6.07 Å². The zero-order chi connectivity index (χ0) is 13.9. The first-order valence-corrected chi connectivity index (χ1v) is 7.34. The fourth-order valence-electron chi connectivity index (χ4n) is 2.69. The summed E-state index contributed by atoms with van der Waals surface area (Å²) in [5.74, 6) is 0.974. The van der Waals surface area contributed by atoms with Crippen molar-refractivity contribution in [3.8, 4) is 0 Å². The predicted octanol–water partition coefficient (Wildman–Crippen LogP) is 0.544. The first-order valence-electron chi connectivity index (χ1n) is 7.34. The lowest BCUT2D eigenvalue weighted by atomic mass is 9.98. The van der Waals surface area contributed by atoms with Gasteiger partial charge in [0.2, 0.25) is 0 Å². The average molecular weight is 275 g/mol. The molecular weight excluding hydrogens is 254 g/mol. The van der Waals surface area contributed by atoms with Crippen molar-refractivity contribution in [2.24, 2.45) is 11.7 Å². The minimum absolute atomic E-state index is 0.220. The summed E-state index contributed by atoms with van der Waals surface area (Å²) in [5.41, 5.74) is 5.39. The normalized spacial score (nSPS) is 22.8. The minimum atomic E-state index is -0.533. The van der Waals surface area contributed by atoms with Gasteiger partial charge in [-0.1, -0.05) is 0 Å². The van der Waals surface area contributed by atoms with Gasteiger partial charge in [-0.3, -0.25) is 4.79 Å². The van der Waals surface area contributed by atoms with E-state index in [1.807, 2.05) is 6.07 Å². The first-order chi connectivity index (χ1) is 9.72. The molecule has 6 nitrogen and oxygen atoms in total. The van der Waals surface area contributed by atoms with Crippen molar-refractivity contribution in [1.82, 2.24) is 15.5 Å². The van der Waals surface area contributed by atoms with E-state index in [0.717, 1.165) is 31.5 Å². The summed E-state index contributed by atoms with van der Waals surface area (Å²) in [6.45, 7) is 3.10. The molecule has 1 unspecified atom stereocenters. The molecule has 1 aliphatic heterocycles. The van der Waals surface area contributed by atoms with Crippen LogP contribution in [0.2, 0.25) is 0 Å². The number of nitrogens with zero attached hydrogens (tertiary/aromatic N) is 3. The van der Waals surface area contributed by atoms with Gasteiger partial charge in [0.1, 0.15) is 0 Å². The number of piperidine rings is 1. The zero-order valence-electron chi connectivity index (χ0n) is 11.6. The molecule has 0 aromatic carbocycles. The Morgan fingerprint density at radius 3 is 2.85 bits per heavy atom. The molecule has 2 fully saturated rings. The van der Waals surface area contributed by atoms with Gasteiger partial charge in [0.05, 0.1) is 0 Å². The number of nitrogens with two attached hydrogens (primary N) is 1. The van der Waals surface area contributed by atoms with Crippen molar-refractivity contribution in [2.45, 2.75) is 31.7 Å². The third-order valence-electron chi connectivity index (χ3n) is 4.02. The molecule has 108 valence electrons. The number of rotatable bonds is 5. The lowest BCUT2D eigenvalue weighted by Crippen LogP contribution is -2.40. The molecule has 20 heavy (non-hydrogen) atoms. The number of hydrogen-bond donors (Lipinski definition) is 2. The fraction of sp³-hybridized carbons (Fsp3) is 0.643. The quantitative estimate of drug-likeness (QED) is 0.819. The Kier molecular flexibility index (Phi) is 3.82. The summed E-state index contributed by atoms with van der Waals surface area (Å²) in [7, 11) is 0. The van der Waals surface area contributed by atoms with Crippen LogP contribution >= 0.6 is 0 Å². The molecule has 1 aromatic rings. The van der Waals surface area contributed by atoms with Crippen molar-refractivity contribution in [2.75, 3.05) is 24.5 Å². The van der Waals surface area contributed by atoms with Crippen LogP contribution in [-0.2, 0) is 0 Å². The van der Waals surface area contributed by atoms with Gasteiger partial charge >= 0.3 is 0 Å². The van der Waals surface area contributed by atoms with E-state index in [1.165, 1.54) is 25.7 Å². The number of amides is 1. The summed E-state index contributed by atoms with van der Waals surface area (Å²) in [5, 5.41) is 11.6. The molecule has 0 bridgehead atoms. The lowest BCUT2D eigenvalue weighted by molar-refractivity contribution is 0.0994. The Bertz CT molecular complexity index is 471. The van der Waals surface area contributed by atoms with E-state index in [2.05, 4.69) is 20.4 Å². The Morgan fingerprint density at radius 1 is 1.35 bits per heavy atom. The zero-order valence-corrected chi connectivity index (χ0v) is 11.6. The Labute approximate surface area is 118 Å². The standard InChI is InChI=1S/C14H21N5O/c15-14(20)12-5-6-13(18-17-12)19-7-1-2-10(9-19)8-16-11-3-4-11/h5-6,10-11,16H,1-4,7-9H2,(H2,15,20). The van der Waals surface area contributed by atoms with Crippen LogP contribution in [0.1, 0.15) is 36.2 Å². The number of aromatic nitrogens is 2. The molecule has 1 atom stereocenters. The van der Waals surface area contributed by atoms with Gasteiger partial charge in [-0.25, -0.2) is 0 Å². The Morgan fingerprint density at radius 2 is 2.20 bits per heavy atom. The SMILES string of the molecule is NC(=O)c1ccc(N2CCCC(CNC3CC3)C2)nn1. The highest BCUT2D eigenvalue weighted by Gasteiger charge is 2.25. The van der Waals surface area contributed by atoms with Crippen LogP contribution in [0.3, 0.4) is 0 Å². The lowest BCUT2D eigenvalue weighted by Gasteiger charge is -2.33. The topological polar surface area (TPSA) is 84.1 Å². The molecule has 2 heterocycles. The Hall–Kier alpha value is -1.69. The summed E-state index contributed by atoms with van der Waals surface area (Å²) in [6, 6.07) is 4.25. The van der Waals surface area contributed by atoms with Gasteiger partial charge in [-0.15, -0.1) is 10.2 Å². The summed E-state index contributed by atoms with van der Waals surface area (Å²) in [4.78, 5) is 13.2. The molecule has 0 radical (unpaired) electrons. The highest BCUT2D eigenvalue weighted by molar-refractivity contribution is 5.90. The maximum absolute atomic E-state index is 11.0. The molecule has 3 rings (SSSR count). The van der Waals surface area contributed by atoms with Crippen LogP contribution in [0.15, 0.2) is 12.1 Å². The van der Waals surface area contributed by atoms with E-state index in [4.69, 9.17) is 5.73 Å². The van der Waals surface area contributed by atoms with E-state index < -0.39 is 5.91 Å². The second-order valence-corrected chi connectivity index (χ2v) is 5.78. The maximum Gasteiger partial charge on any atom is 0.269 e. The fourth-order valence-corrected chi connectivity index (χ4v) is 2.69. The van der Waals surface area contributed by atoms with Crippen molar-refractivity contribution in [3.05, 3.63) is 17.8 Å². The van der Waals surface area contributed by atoms with Crippen molar-refractivity contribution >= 4 is 11.7 Å². The molecule has 1 saturated carbocycles. The van der Waals surface area contributed by atoms with Gasteiger partial charge in [0, 0.05) is 19.1 Å². The van der Waals surface area contributed by atoms with E-state index in [0.29, 0.717) is 5.92 Å². The average Bonchev–Trinajstić information content (AvgIpc) is 3.30. The van der Waals surface area contributed by atoms with Crippen LogP contribution in [-0.4, -0.2) is 41.8 Å². The maximum atomic E-state index is 11.0. The molecule has 1 aromatic heterocycles. The largest absolute Gasteiger partial charge is 0.364 e. The number of primary amides is 1. The molecular formula is C14H21N5O.